The van der Waals surface area contributed by atoms with Crippen LogP contribution in [-0.2, 0) is 4.74 Å². The van der Waals surface area contributed by atoms with Crippen molar-refractivity contribution < 1.29 is 9.53 Å². The number of ether oxygens (including phenoxy) is 1. The Kier molecular flexibility index (Phi) is 4.67. The zero-order valence-electron chi connectivity index (χ0n) is 12.0. The smallest absolute Gasteiger partial charge is 0.338 e. The Hall–Kier alpha value is -0.743. The predicted octanol–water partition coefficient (Wildman–Crippen LogP) is 4.57. The Morgan fingerprint density at radius 3 is 2.28 bits per heavy atom. The molecule has 2 nitrogen and oxygen atoms in total. The van der Waals surface area contributed by atoms with Gasteiger partial charge in [0.15, 0.2) is 0 Å². The van der Waals surface area contributed by atoms with Crippen molar-refractivity contribution in [1.82, 2.24) is 0 Å². The molecule has 4 heteroatoms. The average Bonchev–Trinajstić information content (AvgIpc) is 2.26. The van der Waals surface area contributed by atoms with Gasteiger partial charge in [0.25, 0.3) is 0 Å². The van der Waals surface area contributed by atoms with Gasteiger partial charge in [0.1, 0.15) is 7.22 Å². The molecule has 0 aliphatic heterocycles. The number of esters is 1. The summed E-state index contributed by atoms with van der Waals surface area (Å²) in [6, 6.07) is 7.70. The first-order valence-corrected chi connectivity index (χ1v) is 10.6. The fraction of sp³-hybridized carbons (Fsp3) is 0.500. The minimum Gasteiger partial charge on any atom is -0.465 e. The number of carbonyl (C=O) groups is 1. The van der Waals surface area contributed by atoms with Gasteiger partial charge in [-0.15, -0.1) is 0 Å². The highest BCUT2D eigenvalue weighted by Crippen LogP contribution is 2.47. The standard InChI is InChI=1S/C14H22O2SSi/c1-14(2,3)18(5,6)17-12-10-8-7-9-11(12)13(15)16-4/h7-10H,1-6H3. The van der Waals surface area contributed by atoms with E-state index in [1.165, 1.54) is 7.11 Å². The molecule has 0 aliphatic rings. The Balaban J connectivity index is 3.09. The molecule has 0 N–H and O–H groups in total. The highest BCUT2D eigenvalue weighted by molar-refractivity contribution is 8.29. The van der Waals surface area contributed by atoms with E-state index < -0.39 is 7.22 Å². The molecule has 0 heterocycles. The lowest BCUT2D eigenvalue weighted by Gasteiger charge is -2.36. The molecular weight excluding hydrogens is 260 g/mol. The molecule has 0 aliphatic carbocycles. The van der Waals surface area contributed by atoms with Crippen LogP contribution in [0.4, 0.5) is 0 Å². The quantitative estimate of drug-likeness (QED) is 0.600. The summed E-state index contributed by atoms with van der Waals surface area (Å²) >= 11 is 1.86. The molecule has 0 saturated carbocycles. The molecule has 1 aromatic rings. The van der Waals surface area contributed by atoms with Crippen molar-refractivity contribution in [2.75, 3.05) is 7.11 Å². The van der Waals surface area contributed by atoms with Crippen molar-refractivity contribution in [1.29, 1.82) is 0 Å². The Morgan fingerprint density at radius 1 is 1.22 bits per heavy atom. The summed E-state index contributed by atoms with van der Waals surface area (Å²) in [5.41, 5.74) is 0.676. The zero-order chi connectivity index (χ0) is 14.0. The lowest BCUT2D eigenvalue weighted by molar-refractivity contribution is 0.0597. The third-order valence-electron chi connectivity index (χ3n) is 3.46. The largest absolute Gasteiger partial charge is 0.465 e. The zero-order valence-corrected chi connectivity index (χ0v) is 13.9. The van der Waals surface area contributed by atoms with Gasteiger partial charge in [-0.3, -0.25) is 0 Å². The van der Waals surface area contributed by atoms with Crippen LogP contribution in [0.3, 0.4) is 0 Å². The van der Waals surface area contributed by atoms with E-state index in [1.54, 1.807) is 0 Å². The second-order valence-corrected chi connectivity index (χ2v) is 14.7. The summed E-state index contributed by atoms with van der Waals surface area (Å²) in [5.74, 6) is -0.253. The van der Waals surface area contributed by atoms with Gasteiger partial charge >= 0.3 is 5.97 Å². The molecule has 18 heavy (non-hydrogen) atoms. The molecule has 0 spiro atoms. The summed E-state index contributed by atoms with van der Waals surface area (Å²) in [5, 5.41) is 0.279. The van der Waals surface area contributed by atoms with Crippen molar-refractivity contribution in [3.05, 3.63) is 29.8 Å². The Bertz CT molecular complexity index is 436. The van der Waals surface area contributed by atoms with Gasteiger partial charge < -0.3 is 4.74 Å². The molecule has 0 aromatic heterocycles. The maximum Gasteiger partial charge on any atom is 0.338 e. The fourth-order valence-electron chi connectivity index (χ4n) is 1.26. The van der Waals surface area contributed by atoms with E-state index >= 15 is 0 Å². The lowest BCUT2D eigenvalue weighted by Crippen LogP contribution is -2.33. The Morgan fingerprint density at radius 2 is 1.78 bits per heavy atom. The number of rotatable bonds is 3. The van der Waals surface area contributed by atoms with E-state index in [0.717, 1.165) is 4.90 Å². The van der Waals surface area contributed by atoms with Crippen LogP contribution in [0.1, 0.15) is 31.1 Å². The maximum absolute atomic E-state index is 11.7. The molecule has 0 fully saturated rings. The SMILES string of the molecule is COC(=O)c1ccccc1S[Si](C)(C)C(C)(C)C. The molecule has 0 saturated heterocycles. The summed E-state index contributed by atoms with van der Waals surface area (Å²) in [6.07, 6.45) is 0. The lowest BCUT2D eigenvalue weighted by atomic mass is 10.2. The van der Waals surface area contributed by atoms with Crippen LogP contribution in [0.2, 0.25) is 18.1 Å². The minimum atomic E-state index is -1.53. The van der Waals surface area contributed by atoms with Crippen LogP contribution in [0.5, 0.6) is 0 Å². The van der Waals surface area contributed by atoms with Crippen LogP contribution >= 0.6 is 11.2 Å². The van der Waals surface area contributed by atoms with E-state index in [9.17, 15) is 4.79 Å². The third kappa shape index (κ3) is 3.39. The van der Waals surface area contributed by atoms with Gasteiger partial charge in [0.05, 0.1) is 12.7 Å². The molecule has 0 amide bonds. The van der Waals surface area contributed by atoms with Crippen LogP contribution in [0.25, 0.3) is 0 Å². The third-order valence-corrected chi connectivity index (χ3v) is 12.2. The second-order valence-electron chi connectivity index (χ2n) is 5.85. The normalized spacial score (nSPS) is 12.3. The van der Waals surface area contributed by atoms with Crippen LogP contribution in [0.15, 0.2) is 29.2 Å². The van der Waals surface area contributed by atoms with Gasteiger partial charge in [-0.1, -0.05) is 46.0 Å². The maximum atomic E-state index is 11.7. The average molecular weight is 282 g/mol. The Labute approximate surface area is 115 Å². The minimum absolute atomic E-state index is 0.253. The van der Waals surface area contributed by atoms with Crippen molar-refractivity contribution in [2.45, 2.75) is 43.8 Å². The van der Waals surface area contributed by atoms with Crippen LogP contribution < -0.4 is 0 Å². The van der Waals surface area contributed by atoms with Crippen molar-refractivity contribution >= 4 is 24.4 Å². The highest BCUT2D eigenvalue weighted by atomic mass is 32.4. The summed E-state index contributed by atoms with van der Waals surface area (Å²) in [4.78, 5) is 12.8. The van der Waals surface area contributed by atoms with Crippen molar-refractivity contribution in [3.8, 4) is 0 Å². The molecule has 0 unspecified atom stereocenters. The first kappa shape index (κ1) is 15.3. The van der Waals surface area contributed by atoms with E-state index in [2.05, 4.69) is 33.9 Å². The van der Waals surface area contributed by atoms with Crippen LogP contribution in [-0.4, -0.2) is 20.3 Å². The van der Waals surface area contributed by atoms with Crippen molar-refractivity contribution in [3.63, 3.8) is 0 Å². The molecule has 100 valence electrons. The molecule has 0 atom stereocenters. The van der Waals surface area contributed by atoms with E-state index in [4.69, 9.17) is 4.74 Å². The number of hydrogen-bond donors (Lipinski definition) is 0. The summed E-state index contributed by atoms with van der Waals surface area (Å²) < 4.78 is 4.84. The van der Waals surface area contributed by atoms with Gasteiger partial charge in [0, 0.05) is 4.90 Å². The molecule has 1 aromatic carbocycles. The molecular formula is C14H22O2SSi. The van der Waals surface area contributed by atoms with E-state index in [0.29, 0.717) is 5.56 Å². The number of hydrogen-bond acceptors (Lipinski definition) is 3. The summed E-state index contributed by atoms with van der Waals surface area (Å²) in [7, 11) is -0.100. The molecule has 1 rings (SSSR count). The number of benzene rings is 1. The number of methoxy groups -OCH3 is 1. The monoisotopic (exact) mass is 282 g/mol. The van der Waals surface area contributed by atoms with Gasteiger partial charge in [-0.05, 0) is 17.2 Å². The second kappa shape index (κ2) is 5.49. The van der Waals surface area contributed by atoms with Crippen LogP contribution in [0, 0.1) is 0 Å². The van der Waals surface area contributed by atoms with Crippen molar-refractivity contribution in [2.24, 2.45) is 0 Å². The van der Waals surface area contributed by atoms with Gasteiger partial charge in [-0.2, -0.15) is 11.2 Å². The first-order valence-electron chi connectivity index (χ1n) is 6.05. The number of carbonyl (C=O) groups excluding carboxylic acids is 1. The summed E-state index contributed by atoms with van der Waals surface area (Å²) in [6.45, 7) is 11.5. The van der Waals surface area contributed by atoms with Gasteiger partial charge in [-0.25, -0.2) is 4.79 Å². The first-order chi connectivity index (χ1) is 8.19. The fourth-order valence-corrected chi connectivity index (χ4v) is 5.63. The predicted molar refractivity (Wildman–Crippen MR) is 80.8 cm³/mol. The van der Waals surface area contributed by atoms with E-state index in [-0.39, 0.29) is 11.0 Å². The topological polar surface area (TPSA) is 26.3 Å². The highest BCUT2D eigenvalue weighted by Gasteiger charge is 2.37. The van der Waals surface area contributed by atoms with Gasteiger partial charge in [0.2, 0.25) is 0 Å². The van der Waals surface area contributed by atoms with E-state index in [1.807, 2.05) is 35.5 Å². The molecule has 0 bridgehead atoms. The molecule has 0 radical (unpaired) electrons.